The van der Waals surface area contributed by atoms with Crippen molar-refractivity contribution in [1.29, 1.82) is 0 Å². The third kappa shape index (κ3) is 3.39. The molecule has 1 amide bonds. The van der Waals surface area contributed by atoms with Crippen molar-refractivity contribution in [2.75, 3.05) is 4.90 Å². The second-order valence-electron chi connectivity index (χ2n) is 6.71. The summed E-state index contributed by atoms with van der Waals surface area (Å²) in [4.78, 5) is 28.6. The zero-order valence-corrected chi connectivity index (χ0v) is 17.2. The summed E-state index contributed by atoms with van der Waals surface area (Å²) in [5.74, 6) is -0.0825. The van der Waals surface area contributed by atoms with Gasteiger partial charge >= 0.3 is 0 Å². The van der Waals surface area contributed by atoms with Gasteiger partial charge in [0, 0.05) is 18.0 Å². The molecule has 0 aliphatic rings. The summed E-state index contributed by atoms with van der Waals surface area (Å²) < 4.78 is 2.07. The predicted octanol–water partition coefficient (Wildman–Crippen LogP) is 5.46. The van der Waals surface area contributed by atoms with Crippen LogP contribution in [0.25, 0.3) is 20.4 Å². The van der Waals surface area contributed by atoms with Crippen molar-refractivity contribution >= 4 is 54.1 Å². The molecule has 0 aliphatic heterocycles. The van der Waals surface area contributed by atoms with Gasteiger partial charge in [0.25, 0.3) is 5.91 Å². The summed E-state index contributed by atoms with van der Waals surface area (Å²) in [6, 6.07) is 15.6. The maximum atomic E-state index is 13.5. The molecule has 5 nitrogen and oxygen atoms in total. The van der Waals surface area contributed by atoms with Gasteiger partial charge in [0.1, 0.15) is 0 Å². The summed E-state index contributed by atoms with van der Waals surface area (Å²) in [6.07, 6.45) is 3.51. The van der Waals surface area contributed by atoms with E-state index < -0.39 is 0 Å². The first-order chi connectivity index (χ1) is 14.2. The van der Waals surface area contributed by atoms with E-state index in [-0.39, 0.29) is 5.91 Å². The number of benzene rings is 2. The molecule has 0 bridgehead atoms. The quantitative estimate of drug-likeness (QED) is 0.390. The van der Waals surface area contributed by atoms with Gasteiger partial charge in [-0.1, -0.05) is 29.5 Å². The van der Waals surface area contributed by atoms with Crippen LogP contribution < -0.4 is 4.90 Å². The summed E-state index contributed by atoms with van der Waals surface area (Å²) in [5, 5.41) is 0.688. The fourth-order valence-electron chi connectivity index (χ4n) is 3.23. The molecule has 2 aromatic carbocycles. The van der Waals surface area contributed by atoms with E-state index in [0.29, 0.717) is 17.2 Å². The monoisotopic (exact) mass is 416 g/mol. The van der Waals surface area contributed by atoms with Crippen molar-refractivity contribution < 1.29 is 4.79 Å². The molecular formula is C22H16N4OS2. The lowest BCUT2D eigenvalue weighted by Gasteiger charge is -2.20. The van der Waals surface area contributed by atoms with Crippen molar-refractivity contribution in [1.82, 2.24) is 15.0 Å². The van der Waals surface area contributed by atoms with Crippen LogP contribution in [0.3, 0.4) is 0 Å². The van der Waals surface area contributed by atoms with E-state index in [1.54, 1.807) is 22.8 Å². The molecule has 0 atom stereocenters. The molecule has 142 valence electrons. The third-order valence-electron chi connectivity index (χ3n) is 4.73. The Balaban J connectivity index is 1.60. The molecule has 0 unspecified atom stereocenters. The first-order valence-electron chi connectivity index (χ1n) is 9.09. The summed E-state index contributed by atoms with van der Waals surface area (Å²) in [5.41, 5.74) is 6.32. The van der Waals surface area contributed by atoms with Crippen molar-refractivity contribution in [3.63, 3.8) is 0 Å². The Labute approximate surface area is 175 Å². The number of carbonyl (C=O) groups is 1. The fourth-order valence-corrected chi connectivity index (χ4v) is 4.99. The van der Waals surface area contributed by atoms with E-state index in [2.05, 4.69) is 9.97 Å². The smallest absolute Gasteiger partial charge is 0.260 e. The van der Waals surface area contributed by atoms with Crippen LogP contribution in [0.5, 0.6) is 0 Å². The normalized spacial score (nSPS) is 11.2. The number of hydrogen-bond acceptors (Lipinski definition) is 6. The zero-order chi connectivity index (χ0) is 19.8. The average molecular weight is 417 g/mol. The first kappa shape index (κ1) is 17.9. The van der Waals surface area contributed by atoms with Crippen LogP contribution in [0, 0.1) is 6.92 Å². The van der Waals surface area contributed by atoms with Gasteiger partial charge in [0.2, 0.25) is 0 Å². The molecular weight excluding hydrogens is 400 g/mol. The molecule has 0 radical (unpaired) electrons. The Bertz CT molecular complexity index is 1330. The SMILES string of the molecule is Cc1cccc2sc(N(Cc3cccnc3)C(=O)c3ccc4ncsc4c3)nc12. The Morgan fingerprint density at radius 3 is 2.86 bits per heavy atom. The van der Waals surface area contributed by atoms with Crippen molar-refractivity contribution in [2.24, 2.45) is 0 Å². The van der Waals surface area contributed by atoms with Gasteiger partial charge < -0.3 is 0 Å². The highest BCUT2D eigenvalue weighted by Crippen LogP contribution is 2.32. The number of fused-ring (bicyclic) bond motifs is 2. The molecule has 5 rings (SSSR count). The number of amides is 1. The maximum Gasteiger partial charge on any atom is 0.260 e. The van der Waals surface area contributed by atoms with Crippen LogP contribution >= 0.6 is 22.7 Å². The molecule has 0 N–H and O–H groups in total. The number of pyridine rings is 1. The molecule has 0 fully saturated rings. The lowest BCUT2D eigenvalue weighted by molar-refractivity contribution is 0.0985. The molecule has 3 heterocycles. The molecule has 7 heteroatoms. The number of hydrogen-bond donors (Lipinski definition) is 0. The van der Waals surface area contributed by atoms with Gasteiger partial charge in [-0.15, -0.1) is 11.3 Å². The van der Waals surface area contributed by atoms with Crippen LogP contribution in [0.15, 0.2) is 66.4 Å². The minimum absolute atomic E-state index is 0.0825. The fraction of sp³-hybridized carbons (Fsp3) is 0.0909. The number of rotatable bonds is 4. The first-order valence-corrected chi connectivity index (χ1v) is 10.8. The highest BCUT2D eigenvalue weighted by atomic mass is 32.1. The van der Waals surface area contributed by atoms with Crippen LogP contribution in [-0.4, -0.2) is 20.9 Å². The molecule has 0 aliphatic carbocycles. The van der Waals surface area contributed by atoms with Crippen molar-refractivity contribution in [3.8, 4) is 0 Å². The largest absolute Gasteiger partial charge is 0.279 e. The van der Waals surface area contributed by atoms with Crippen LogP contribution in [0.1, 0.15) is 21.5 Å². The standard InChI is InChI=1S/C22H16N4OS2/c1-14-4-2-6-18-20(14)25-22(29-18)26(12-15-5-3-9-23-11-15)21(27)16-7-8-17-19(10-16)28-13-24-17/h2-11,13H,12H2,1H3. The minimum Gasteiger partial charge on any atom is -0.279 e. The van der Waals surface area contributed by atoms with Crippen LogP contribution in [0.2, 0.25) is 0 Å². The van der Waals surface area contributed by atoms with E-state index in [1.165, 1.54) is 22.7 Å². The minimum atomic E-state index is -0.0825. The van der Waals surface area contributed by atoms with E-state index in [1.807, 2.05) is 55.5 Å². The number of aryl methyl sites for hydroxylation is 1. The highest BCUT2D eigenvalue weighted by Gasteiger charge is 2.22. The average Bonchev–Trinajstić information content (AvgIpc) is 3.39. The Hall–Kier alpha value is -3.16. The van der Waals surface area contributed by atoms with E-state index in [9.17, 15) is 4.79 Å². The topological polar surface area (TPSA) is 59.0 Å². The van der Waals surface area contributed by atoms with Crippen LogP contribution in [0.4, 0.5) is 5.13 Å². The number of thiazole rings is 2. The number of carbonyl (C=O) groups excluding carboxylic acids is 1. The zero-order valence-electron chi connectivity index (χ0n) is 15.6. The molecule has 0 saturated heterocycles. The van der Waals surface area contributed by atoms with Crippen molar-refractivity contribution in [2.45, 2.75) is 13.5 Å². The molecule has 5 aromatic rings. The van der Waals surface area contributed by atoms with Gasteiger partial charge in [-0.25, -0.2) is 9.97 Å². The highest BCUT2D eigenvalue weighted by molar-refractivity contribution is 7.22. The van der Waals surface area contributed by atoms with Gasteiger partial charge in [0.15, 0.2) is 5.13 Å². The molecule has 0 spiro atoms. The molecule has 0 saturated carbocycles. The maximum absolute atomic E-state index is 13.5. The Morgan fingerprint density at radius 1 is 1.10 bits per heavy atom. The predicted molar refractivity (Wildman–Crippen MR) is 119 cm³/mol. The van der Waals surface area contributed by atoms with E-state index in [0.717, 1.165) is 31.6 Å². The Morgan fingerprint density at radius 2 is 2.03 bits per heavy atom. The molecule has 29 heavy (non-hydrogen) atoms. The number of nitrogens with zero attached hydrogens (tertiary/aromatic N) is 4. The van der Waals surface area contributed by atoms with Gasteiger partial charge in [0.05, 0.1) is 32.5 Å². The lowest BCUT2D eigenvalue weighted by Crippen LogP contribution is -2.30. The lowest BCUT2D eigenvalue weighted by atomic mass is 10.1. The van der Waals surface area contributed by atoms with E-state index in [4.69, 9.17) is 4.98 Å². The van der Waals surface area contributed by atoms with Gasteiger partial charge in [-0.3, -0.25) is 14.7 Å². The summed E-state index contributed by atoms with van der Waals surface area (Å²) >= 11 is 3.06. The number of aromatic nitrogens is 3. The van der Waals surface area contributed by atoms with Crippen LogP contribution in [-0.2, 0) is 6.54 Å². The third-order valence-corrected chi connectivity index (χ3v) is 6.56. The van der Waals surface area contributed by atoms with Gasteiger partial charge in [-0.2, -0.15) is 0 Å². The summed E-state index contributed by atoms with van der Waals surface area (Å²) in [7, 11) is 0. The number of anilines is 1. The summed E-state index contributed by atoms with van der Waals surface area (Å²) in [6.45, 7) is 2.45. The molecule has 3 aromatic heterocycles. The number of para-hydroxylation sites is 1. The second kappa shape index (κ2) is 7.35. The van der Waals surface area contributed by atoms with Crippen molar-refractivity contribution in [3.05, 3.63) is 83.1 Å². The van der Waals surface area contributed by atoms with Gasteiger partial charge in [-0.05, 0) is 48.4 Å². The van der Waals surface area contributed by atoms with E-state index >= 15 is 0 Å². The Kier molecular flexibility index (Phi) is 4.54. The second-order valence-corrected chi connectivity index (χ2v) is 8.60.